The van der Waals surface area contributed by atoms with E-state index in [0.717, 1.165) is 73.6 Å². The van der Waals surface area contributed by atoms with Gasteiger partial charge in [0.25, 0.3) is 0 Å². The molecule has 0 atom stereocenters. The van der Waals surface area contributed by atoms with E-state index in [9.17, 15) is 9.59 Å². The van der Waals surface area contributed by atoms with E-state index in [1.807, 2.05) is 30.9 Å². The zero-order chi connectivity index (χ0) is 21.8. The lowest BCUT2D eigenvalue weighted by molar-refractivity contribution is -0.132. The number of nitrogens with zero attached hydrogens (tertiary/aromatic N) is 2. The number of hydrogen-bond acceptors (Lipinski definition) is 4. The van der Waals surface area contributed by atoms with Crippen LogP contribution in [-0.4, -0.2) is 46.6 Å². The van der Waals surface area contributed by atoms with Gasteiger partial charge in [0.2, 0.25) is 11.8 Å². The first-order chi connectivity index (χ1) is 15.0. The highest BCUT2D eigenvalue weighted by molar-refractivity contribution is 5.79. The number of carbonyl (C=O) groups is 2. The quantitative estimate of drug-likeness (QED) is 0.747. The second-order valence-corrected chi connectivity index (χ2v) is 8.79. The van der Waals surface area contributed by atoms with Crippen molar-refractivity contribution in [2.45, 2.75) is 58.9 Å². The molecule has 2 aliphatic heterocycles. The molecular weight excluding hydrogens is 392 g/mol. The van der Waals surface area contributed by atoms with Crippen LogP contribution in [-0.2, 0) is 29.0 Å². The maximum absolute atomic E-state index is 12.8. The number of aryl methyl sites for hydroxylation is 3. The molecule has 7 nitrogen and oxygen atoms in total. The summed E-state index contributed by atoms with van der Waals surface area (Å²) in [7, 11) is 0. The third-order valence-corrected chi connectivity index (χ3v) is 6.51. The lowest BCUT2D eigenvalue weighted by atomic mass is 9.92. The Balaban J connectivity index is 1.21. The molecule has 0 radical (unpaired) electrons. The third-order valence-electron chi connectivity index (χ3n) is 6.51. The fourth-order valence-electron chi connectivity index (χ4n) is 4.55. The number of carbonyl (C=O) groups excluding carboxylic acids is 2. The van der Waals surface area contributed by atoms with Crippen LogP contribution in [0.15, 0.2) is 18.2 Å². The number of nitrogens with one attached hydrogen (secondary N) is 2. The van der Waals surface area contributed by atoms with Gasteiger partial charge < -0.3 is 15.0 Å². The predicted molar refractivity (Wildman–Crippen MR) is 118 cm³/mol. The van der Waals surface area contributed by atoms with E-state index >= 15 is 0 Å². The number of H-pyrrole nitrogens is 1. The van der Waals surface area contributed by atoms with Crippen LogP contribution in [0.25, 0.3) is 0 Å². The van der Waals surface area contributed by atoms with Gasteiger partial charge in [0.1, 0.15) is 5.75 Å². The SMILES string of the molecule is Cc1n[nH]c(C)c1CNC(=O)CC1CCN(C(=O)Cc2ccc3c(c2)CCCO3)CC1. The number of aromatic amines is 1. The molecule has 31 heavy (non-hydrogen) atoms. The molecule has 2 N–H and O–H groups in total. The van der Waals surface area contributed by atoms with Gasteiger partial charge in [-0.1, -0.05) is 12.1 Å². The molecule has 3 heterocycles. The molecule has 0 spiro atoms. The minimum absolute atomic E-state index is 0.0704. The van der Waals surface area contributed by atoms with Crippen molar-refractivity contribution in [1.29, 1.82) is 0 Å². The normalized spacial score (nSPS) is 16.5. The van der Waals surface area contributed by atoms with Gasteiger partial charge in [-0.3, -0.25) is 14.7 Å². The Morgan fingerprint density at radius 2 is 2.06 bits per heavy atom. The number of piperidine rings is 1. The summed E-state index contributed by atoms with van der Waals surface area (Å²) in [5, 5.41) is 10.1. The average molecular weight is 425 g/mol. The molecule has 2 aromatic rings. The minimum Gasteiger partial charge on any atom is -0.493 e. The third kappa shape index (κ3) is 5.27. The Labute approximate surface area is 183 Å². The summed E-state index contributed by atoms with van der Waals surface area (Å²) in [6.07, 6.45) is 4.75. The molecule has 0 unspecified atom stereocenters. The molecule has 1 aromatic carbocycles. The van der Waals surface area contributed by atoms with Gasteiger partial charge in [-0.2, -0.15) is 5.10 Å². The average Bonchev–Trinajstić information content (AvgIpc) is 3.10. The van der Waals surface area contributed by atoms with Gasteiger partial charge in [-0.15, -0.1) is 0 Å². The topological polar surface area (TPSA) is 87.3 Å². The van der Waals surface area contributed by atoms with Crippen LogP contribution < -0.4 is 10.1 Å². The van der Waals surface area contributed by atoms with Crippen molar-refractivity contribution in [3.63, 3.8) is 0 Å². The maximum Gasteiger partial charge on any atom is 0.226 e. The smallest absolute Gasteiger partial charge is 0.226 e. The number of hydrogen-bond donors (Lipinski definition) is 2. The second-order valence-electron chi connectivity index (χ2n) is 8.79. The van der Waals surface area contributed by atoms with Crippen LogP contribution in [0, 0.1) is 19.8 Å². The van der Waals surface area contributed by atoms with Gasteiger partial charge in [0, 0.05) is 37.3 Å². The summed E-state index contributed by atoms with van der Waals surface area (Å²) in [5.74, 6) is 1.53. The van der Waals surface area contributed by atoms with Crippen LogP contribution >= 0.6 is 0 Å². The summed E-state index contributed by atoms with van der Waals surface area (Å²) < 4.78 is 5.66. The van der Waals surface area contributed by atoms with Gasteiger partial charge in [-0.05, 0) is 62.6 Å². The van der Waals surface area contributed by atoms with Crippen molar-refractivity contribution in [1.82, 2.24) is 20.4 Å². The highest BCUT2D eigenvalue weighted by Crippen LogP contribution is 2.26. The molecule has 1 saturated heterocycles. The van der Waals surface area contributed by atoms with Crippen molar-refractivity contribution < 1.29 is 14.3 Å². The fourth-order valence-corrected chi connectivity index (χ4v) is 4.55. The number of ether oxygens (including phenoxy) is 1. The highest BCUT2D eigenvalue weighted by Gasteiger charge is 2.25. The zero-order valence-corrected chi connectivity index (χ0v) is 18.5. The predicted octanol–water partition coefficient (Wildman–Crippen LogP) is 2.84. The van der Waals surface area contributed by atoms with Crippen molar-refractivity contribution in [3.8, 4) is 5.75 Å². The lowest BCUT2D eigenvalue weighted by Crippen LogP contribution is -2.40. The van der Waals surface area contributed by atoms with Crippen molar-refractivity contribution in [2.75, 3.05) is 19.7 Å². The molecule has 1 aromatic heterocycles. The fraction of sp³-hybridized carbons (Fsp3) is 0.542. The van der Waals surface area contributed by atoms with E-state index in [1.54, 1.807) is 0 Å². The second kappa shape index (κ2) is 9.54. The standard InChI is InChI=1S/C24H32N4O3/c1-16-21(17(2)27-26-16)15-25-23(29)13-18-7-9-28(10-8-18)24(30)14-19-5-6-22-20(12-19)4-3-11-31-22/h5-6,12,18H,3-4,7-11,13-15H2,1-2H3,(H,25,29)(H,26,27). The first-order valence-corrected chi connectivity index (χ1v) is 11.3. The molecule has 166 valence electrons. The van der Waals surface area contributed by atoms with E-state index in [0.29, 0.717) is 25.3 Å². The molecular formula is C24H32N4O3. The van der Waals surface area contributed by atoms with E-state index in [4.69, 9.17) is 4.74 Å². The summed E-state index contributed by atoms with van der Waals surface area (Å²) in [6, 6.07) is 6.12. The monoisotopic (exact) mass is 424 g/mol. The maximum atomic E-state index is 12.8. The molecule has 7 heteroatoms. The van der Waals surface area contributed by atoms with Gasteiger partial charge in [0.15, 0.2) is 0 Å². The molecule has 2 aliphatic rings. The van der Waals surface area contributed by atoms with E-state index < -0.39 is 0 Å². The first-order valence-electron chi connectivity index (χ1n) is 11.3. The van der Waals surface area contributed by atoms with Gasteiger partial charge in [0.05, 0.1) is 18.7 Å². The Hall–Kier alpha value is -2.83. The number of aromatic nitrogens is 2. The van der Waals surface area contributed by atoms with Crippen LogP contribution in [0.4, 0.5) is 0 Å². The van der Waals surface area contributed by atoms with Gasteiger partial charge in [-0.25, -0.2) is 0 Å². The first kappa shape index (κ1) is 21.4. The Bertz CT molecular complexity index is 925. The summed E-state index contributed by atoms with van der Waals surface area (Å²) in [5.41, 5.74) is 5.25. The van der Waals surface area contributed by atoms with Crippen molar-refractivity contribution in [2.24, 2.45) is 5.92 Å². The Morgan fingerprint density at radius 3 is 2.81 bits per heavy atom. The van der Waals surface area contributed by atoms with Crippen LogP contribution in [0.3, 0.4) is 0 Å². The molecule has 0 bridgehead atoms. The Morgan fingerprint density at radius 1 is 1.26 bits per heavy atom. The molecule has 1 fully saturated rings. The molecule has 4 rings (SSSR count). The van der Waals surface area contributed by atoms with E-state index in [-0.39, 0.29) is 11.8 Å². The number of benzene rings is 1. The molecule has 0 aliphatic carbocycles. The lowest BCUT2D eigenvalue weighted by Gasteiger charge is -2.32. The number of rotatable bonds is 6. The van der Waals surface area contributed by atoms with Crippen LogP contribution in [0.2, 0.25) is 0 Å². The minimum atomic E-state index is 0.0704. The number of fused-ring (bicyclic) bond motifs is 1. The van der Waals surface area contributed by atoms with Crippen molar-refractivity contribution >= 4 is 11.8 Å². The Kier molecular flexibility index (Phi) is 6.59. The van der Waals surface area contributed by atoms with Crippen molar-refractivity contribution in [3.05, 3.63) is 46.3 Å². The summed E-state index contributed by atoms with van der Waals surface area (Å²) in [4.78, 5) is 27.1. The van der Waals surface area contributed by atoms with Crippen LogP contribution in [0.1, 0.15) is 53.8 Å². The summed E-state index contributed by atoms with van der Waals surface area (Å²) >= 11 is 0. The zero-order valence-electron chi connectivity index (χ0n) is 18.5. The van der Waals surface area contributed by atoms with E-state index in [1.165, 1.54) is 5.56 Å². The molecule has 2 amide bonds. The van der Waals surface area contributed by atoms with E-state index in [2.05, 4.69) is 21.6 Å². The largest absolute Gasteiger partial charge is 0.493 e. The van der Waals surface area contributed by atoms with Gasteiger partial charge >= 0.3 is 0 Å². The highest BCUT2D eigenvalue weighted by atomic mass is 16.5. The summed E-state index contributed by atoms with van der Waals surface area (Å²) in [6.45, 7) is 6.65. The molecule has 0 saturated carbocycles. The number of amides is 2. The number of likely N-dealkylation sites (tertiary alicyclic amines) is 1. The van der Waals surface area contributed by atoms with Crippen LogP contribution in [0.5, 0.6) is 5.75 Å².